The third-order valence-corrected chi connectivity index (χ3v) is 4.67. The summed E-state index contributed by atoms with van der Waals surface area (Å²) in [5.41, 5.74) is 1.56. The Hall–Kier alpha value is -2.73. The molecular weight excluding hydrogens is 345 g/mol. The minimum absolute atomic E-state index is 0.0165. The smallest absolute Gasteiger partial charge is 0.253 e. The molecule has 142 valence electrons. The van der Waals surface area contributed by atoms with Gasteiger partial charge >= 0.3 is 0 Å². The van der Waals surface area contributed by atoms with Crippen molar-refractivity contribution in [3.8, 4) is 0 Å². The molecule has 6 heteroatoms. The van der Waals surface area contributed by atoms with E-state index in [1.807, 2.05) is 30.3 Å². The normalized spacial score (nSPS) is 15.2. The lowest BCUT2D eigenvalue weighted by atomic mass is 10.2. The maximum atomic E-state index is 13.0. The zero-order valence-electron chi connectivity index (χ0n) is 15.2. The van der Waals surface area contributed by atoms with Crippen LogP contribution in [0.3, 0.4) is 0 Å². The number of carbonyl (C=O) groups excluding carboxylic acids is 2. The number of nitrogens with zero attached hydrogens (tertiary/aromatic N) is 2. The number of halogens is 1. The van der Waals surface area contributed by atoms with E-state index in [0.717, 1.165) is 18.5 Å². The van der Waals surface area contributed by atoms with E-state index >= 15 is 0 Å². The van der Waals surface area contributed by atoms with Gasteiger partial charge in [-0.3, -0.25) is 14.5 Å². The van der Waals surface area contributed by atoms with E-state index in [1.54, 1.807) is 4.90 Å². The van der Waals surface area contributed by atoms with Crippen LogP contribution < -0.4 is 5.32 Å². The van der Waals surface area contributed by atoms with E-state index in [0.29, 0.717) is 38.3 Å². The number of hydrogen-bond donors (Lipinski definition) is 1. The summed E-state index contributed by atoms with van der Waals surface area (Å²) in [6.07, 6.45) is 0.804. The second-order valence-electron chi connectivity index (χ2n) is 6.69. The fourth-order valence-electron chi connectivity index (χ4n) is 3.16. The topological polar surface area (TPSA) is 52.7 Å². The van der Waals surface area contributed by atoms with Gasteiger partial charge in [-0.1, -0.05) is 30.3 Å². The second kappa shape index (κ2) is 9.28. The third kappa shape index (κ3) is 5.62. The largest absolute Gasteiger partial charge is 0.351 e. The van der Waals surface area contributed by atoms with Gasteiger partial charge in [-0.15, -0.1) is 0 Å². The van der Waals surface area contributed by atoms with E-state index in [9.17, 15) is 14.0 Å². The Morgan fingerprint density at radius 3 is 2.41 bits per heavy atom. The molecule has 1 aliphatic heterocycles. The van der Waals surface area contributed by atoms with Crippen LogP contribution in [0.1, 0.15) is 22.3 Å². The highest BCUT2D eigenvalue weighted by molar-refractivity contribution is 5.94. The summed E-state index contributed by atoms with van der Waals surface area (Å²) in [4.78, 5) is 28.6. The fourth-order valence-corrected chi connectivity index (χ4v) is 3.16. The van der Waals surface area contributed by atoms with E-state index in [1.165, 1.54) is 24.3 Å². The van der Waals surface area contributed by atoms with Crippen LogP contribution in [0.15, 0.2) is 54.6 Å². The molecule has 1 N–H and O–H groups in total. The van der Waals surface area contributed by atoms with Gasteiger partial charge in [-0.25, -0.2) is 4.39 Å². The standard InChI is InChI=1S/C21H24FN3O2/c22-19-9-7-18(8-10-19)21(27)25-12-4-11-24(13-14-25)16-20(26)23-15-17-5-2-1-3-6-17/h1-3,5-10H,4,11-16H2,(H,23,26). The highest BCUT2D eigenvalue weighted by Gasteiger charge is 2.21. The number of rotatable bonds is 5. The molecule has 1 fully saturated rings. The molecule has 0 spiro atoms. The van der Waals surface area contributed by atoms with Crippen LogP contribution in [-0.4, -0.2) is 54.3 Å². The molecule has 2 amide bonds. The molecule has 0 aliphatic carbocycles. The van der Waals surface area contributed by atoms with Crippen LogP contribution in [0, 0.1) is 5.82 Å². The van der Waals surface area contributed by atoms with Crippen molar-refractivity contribution in [1.29, 1.82) is 0 Å². The lowest BCUT2D eigenvalue weighted by Gasteiger charge is -2.22. The highest BCUT2D eigenvalue weighted by atomic mass is 19.1. The van der Waals surface area contributed by atoms with Gasteiger partial charge in [0.2, 0.25) is 5.91 Å². The number of benzene rings is 2. The summed E-state index contributed by atoms with van der Waals surface area (Å²) in [5.74, 6) is -0.461. The molecule has 0 saturated carbocycles. The minimum Gasteiger partial charge on any atom is -0.351 e. The molecule has 1 aliphatic rings. The maximum absolute atomic E-state index is 13.0. The second-order valence-corrected chi connectivity index (χ2v) is 6.69. The van der Waals surface area contributed by atoms with Gasteiger partial charge in [0.25, 0.3) is 5.91 Å². The zero-order chi connectivity index (χ0) is 19.1. The Labute approximate surface area is 158 Å². The molecule has 27 heavy (non-hydrogen) atoms. The van der Waals surface area contributed by atoms with E-state index in [2.05, 4.69) is 10.2 Å². The lowest BCUT2D eigenvalue weighted by Crippen LogP contribution is -2.39. The summed E-state index contributed by atoms with van der Waals surface area (Å²) in [6, 6.07) is 15.4. The van der Waals surface area contributed by atoms with Crippen molar-refractivity contribution in [2.45, 2.75) is 13.0 Å². The van der Waals surface area contributed by atoms with Crippen molar-refractivity contribution in [2.75, 3.05) is 32.7 Å². The molecule has 0 aromatic heterocycles. The number of carbonyl (C=O) groups is 2. The number of nitrogens with one attached hydrogen (secondary N) is 1. The van der Waals surface area contributed by atoms with Crippen molar-refractivity contribution in [3.05, 3.63) is 71.5 Å². The van der Waals surface area contributed by atoms with Crippen molar-refractivity contribution in [1.82, 2.24) is 15.1 Å². The van der Waals surface area contributed by atoms with E-state index < -0.39 is 0 Å². The Morgan fingerprint density at radius 1 is 0.926 bits per heavy atom. The predicted octanol–water partition coefficient (Wildman–Crippen LogP) is 2.29. The summed E-state index contributed by atoms with van der Waals surface area (Å²) in [5, 5.41) is 2.94. The van der Waals surface area contributed by atoms with Crippen molar-refractivity contribution >= 4 is 11.8 Å². The Balaban J connectivity index is 1.47. The highest BCUT2D eigenvalue weighted by Crippen LogP contribution is 2.10. The monoisotopic (exact) mass is 369 g/mol. The summed E-state index contributed by atoms with van der Waals surface area (Å²) in [7, 11) is 0. The molecule has 1 saturated heterocycles. The van der Waals surface area contributed by atoms with Gasteiger partial charge in [0.05, 0.1) is 6.54 Å². The first-order valence-electron chi connectivity index (χ1n) is 9.19. The Kier molecular flexibility index (Phi) is 6.54. The molecule has 0 radical (unpaired) electrons. The first-order valence-corrected chi connectivity index (χ1v) is 9.19. The molecule has 5 nitrogen and oxygen atoms in total. The Morgan fingerprint density at radius 2 is 1.67 bits per heavy atom. The SMILES string of the molecule is O=C(CN1CCCN(C(=O)c2ccc(F)cc2)CC1)NCc1ccccc1. The molecule has 0 atom stereocenters. The van der Waals surface area contributed by atoms with Crippen LogP contribution in [0.4, 0.5) is 4.39 Å². The average molecular weight is 369 g/mol. The summed E-state index contributed by atoms with van der Waals surface area (Å²) >= 11 is 0. The van der Waals surface area contributed by atoms with Crippen LogP contribution in [0.2, 0.25) is 0 Å². The van der Waals surface area contributed by atoms with Crippen molar-refractivity contribution in [2.24, 2.45) is 0 Å². The van der Waals surface area contributed by atoms with E-state index in [4.69, 9.17) is 0 Å². The third-order valence-electron chi connectivity index (χ3n) is 4.67. The predicted molar refractivity (Wildman–Crippen MR) is 102 cm³/mol. The van der Waals surface area contributed by atoms with Gasteiger partial charge < -0.3 is 10.2 Å². The van der Waals surface area contributed by atoms with Crippen LogP contribution >= 0.6 is 0 Å². The lowest BCUT2D eigenvalue weighted by molar-refractivity contribution is -0.122. The summed E-state index contributed by atoms with van der Waals surface area (Å²) < 4.78 is 13.0. The van der Waals surface area contributed by atoms with Crippen LogP contribution in [0.25, 0.3) is 0 Å². The maximum Gasteiger partial charge on any atom is 0.253 e. The molecule has 2 aromatic carbocycles. The molecule has 0 bridgehead atoms. The van der Waals surface area contributed by atoms with Crippen molar-refractivity contribution in [3.63, 3.8) is 0 Å². The molecular formula is C21H24FN3O2. The molecule has 3 rings (SSSR count). The van der Waals surface area contributed by atoms with Crippen LogP contribution in [0.5, 0.6) is 0 Å². The van der Waals surface area contributed by atoms with Gasteiger partial charge in [-0.2, -0.15) is 0 Å². The first-order chi connectivity index (χ1) is 13.1. The molecule has 1 heterocycles. The minimum atomic E-state index is -0.352. The quantitative estimate of drug-likeness (QED) is 0.880. The fraction of sp³-hybridized carbons (Fsp3) is 0.333. The van der Waals surface area contributed by atoms with Gasteiger partial charge in [0, 0.05) is 38.3 Å². The zero-order valence-corrected chi connectivity index (χ0v) is 15.2. The van der Waals surface area contributed by atoms with Crippen molar-refractivity contribution < 1.29 is 14.0 Å². The Bertz CT molecular complexity index is 765. The number of amides is 2. The number of hydrogen-bond acceptors (Lipinski definition) is 3. The molecule has 2 aromatic rings. The van der Waals surface area contributed by atoms with Gasteiger partial charge in [0.1, 0.15) is 5.82 Å². The van der Waals surface area contributed by atoms with Gasteiger partial charge in [0.15, 0.2) is 0 Å². The first kappa shape index (κ1) is 19.0. The van der Waals surface area contributed by atoms with Gasteiger partial charge in [-0.05, 0) is 36.2 Å². The summed E-state index contributed by atoms with van der Waals surface area (Å²) in [6.45, 7) is 3.45. The van der Waals surface area contributed by atoms with E-state index in [-0.39, 0.29) is 17.6 Å². The van der Waals surface area contributed by atoms with Crippen LogP contribution in [-0.2, 0) is 11.3 Å². The average Bonchev–Trinajstić information content (AvgIpc) is 2.93. The molecule has 0 unspecified atom stereocenters.